The van der Waals surface area contributed by atoms with E-state index in [4.69, 9.17) is 0 Å². The van der Waals surface area contributed by atoms with E-state index in [1.165, 1.54) is 22.5 Å². The smallest absolute Gasteiger partial charge is 0.194 e. The number of benzene rings is 3. The maximum absolute atomic E-state index is 13.7. The van der Waals surface area contributed by atoms with Gasteiger partial charge in [-0.1, -0.05) is 92.7 Å². The van der Waals surface area contributed by atoms with Gasteiger partial charge < -0.3 is 4.90 Å². The normalized spacial score (nSPS) is 15.0. The molecule has 0 atom stereocenters. The van der Waals surface area contributed by atoms with E-state index in [2.05, 4.69) is 91.5 Å². The predicted octanol–water partition coefficient (Wildman–Crippen LogP) is 8.11. The molecule has 0 fully saturated rings. The third kappa shape index (κ3) is 2.38. The van der Waals surface area contributed by atoms with Gasteiger partial charge in [-0.15, -0.1) is 0 Å². The van der Waals surface area contributed by atoms with Crippen molar-refractivity contribution in [1.29, 1.82) is 0 Å². The number of hydrogen-bond donors (Lipinski definition) is 0. The van der Waals surface area contributed by atoms with Gasteiger partial charge in [0.05, 0.1) is 17.1 Å². The summed E-state index contributed by atoms with van der Waals surface area (Å²) >= 11 is 0. The lowest BCUT2D eigenvalue weighted by molar-refractivity contribution is 0.104. The molecule has 0 radical (unpaired) electrons. The molecular weight excluding hydrogens is 414 g/mol. The van der Waals surface area contributed by atoms with Crippen LogP contribution in [0.15, 0.2) is 103 Å². The molecule has 2 nitrogen and oxygen atoms in total. The zero-order valence-corrected chi connectivity index (χ0v) is 19.2. The molecule has 7 rings (SSSR count). The number of hydrogen-bond acceptors (Lipinski definition) is 2. The van der Waals surface area contributed by atoms with Crippen LogP contribution in [0.2, 0.25) is 0 Å². The van der Waals surface area contributed by atoms with E-state index in [1.807, 2.05) is 30.3 Å². The second-order valence-corrected chi connectivity index (χ2v) is 9.74. The van der Waals surface area contributed by atoms with Crippen LogP contribution in [0.25, 0.3) is 22.3 Å². The van der Waals surface area contributed by atoms with Gasteiger partial charge in [-0.2, -0.15) is 0 Å². The summed E-state index contributed by atoms with van der Waals surface area (Å²) in [7, 11) is 0. The Balaban J connectivity index is 1.56. The van der Waals surface area contributed by atoms with Crippen LogP contribution in [-0.4, -0.2) is 5.78 Å². The molecule has 0 aromatic heterocycles. The monoisotopic (exact) mass is 437 g/mol. The van der Waals surface area contributed by atoms with Gasteiger partial charge in [0.25, 0.3) is 0 Å². The van der Waals surface area contributed by atoms with Crippen LogP contribution in [0.3, 0.4) is 0 Å². The molecular formula is C32H23NO. The molecule has 0 spiro atoms. The van der Waals surface area contributed by atoms with Crippen LogP contribution in [-0.2, 0) is 5.41 Å². The molecule has 0 saturated heterocycles. The van der Waals surface area contributed by atoms with Gasteiger partial charge in [0.1, 0.15) is 0 Å². The fourth-order valence-corrected chi connectivity index (χ4v) is 5.99. The number of nitrogens with zero attached hydrogens (tertiary/aromatic N) is 1. The minimum absolute atomic E-state index is 0.118. The fourth-order valence-electron chi connectivity index (χ4n) is 5.99. The lowest BCUT2D eigenvalue weighted by Gasteiger charge is -2.42. The van der Waals surface area contributed by atoms with Crippen LogP contribution >= 0.6 is 0 Å². The number of ketones is 1. The van der Waals surface area contributed by atoms with Crippen molar-refractivity contribution in [1.82, 2.24) is 0 Å². The van der Waals surface area contributed by atoms with Gasteiger partial charge in [0.2, 0.25) is 0 Å². The van der Waals surface area contributed by atoms with Crippen molar-refractivity contribution in [2.45, 2.75) is 19.3 Å². The van der Waals surface area contributed by atoms with E-state index in [1.54, 1.807) is 0 Å². The third-order valence-electron chi connectivity index (χ3n) is 7.57. The van der Waals surface area contributed by atoms with Gasteiger partial charge in [-0.25, -0.2) is 0 Å². The van der Waals surface area contributed by atoms with E-state index < -0.39 is 0 Å². The highest BCUT2D eigenvalue weighted by molar-refractivity contribution is 6.28. The van der Waals surface area contributed by atoms with Gasteiger partial charge in [-0.3, -0.25) is 4.79 Å². The van der Waals surface area contributed by atoms with Crippen molar-refractivity contribution in [3.8, 4) is 22.3 Å². The van der Waals surface area contributed by atoms with Gasteiger partial charge >= 0.3 is 0 Å². The molecule has 1 aliphatic heterocycles. The largest absolute Gasteiger partial charge is 0.309 e. The Morgan fingerprint density at radius 2 is 1.15 bits per heavy atom. The fraction of sp³-hybridized carbons (Fsp3) is 0.0938. The zero-order chi connectivity index (χ0) is 23.0. The maximum atomic E-state index is 13.7. The molecule has 3 aromatic carbocycles. The standard InChI is InChI=1S/C32H23NO/c1-32(2)24-14-6-8-16-26(24)33(27-17-9-7-15-25(27)32)28-18-10-13-22-29(28)23-19-20-11-4-3-5-12-21(20)30(23)31(22)34/h3-19H,1-2H3. The van der Waals surface area contributed by atoms with E-state index in [9.17, 15) is 4.79 Å². The summed E-state index contributed by atoms with van der Waals surface area (Å²) in [6.07, 6.45) is 0. The first-order valence-electron chi connectivity index (χ1n) is 11.8. The highest BCUT2D eigenvalue weighted by Crippen LogP contribution is 2.56. The molecule has 4 aliphatic rings. The molecule has 0 unspecified atom stereocenters. The second-order valence-electron chi connectivity index (χ2n) is 9.74. The Bertz CT molecular complexity index is 1560. The first-order chi connectivity index (χ1) is 16.6. The Kier molecular flexibility index (Phi) is 3.79. The van der Waals surface area contributed by atoms with Crippen molar-refractivity contribution in [2.24, 2.45) is 0 Å². The SMILES string of the molecule is CC1(C)c2ccccc2N(c2cccc3c2-c2cc4cccccc-4c2C3=O)c2ccccc21. The number of rotatable bonds is 1. The number of carbonyl (C=O) groups is 1. The molecule has 0 amide bonds. The van der Waals surface area contributed by atoms with Crippen molar-refractivity contribution < 1.29 is 4.79 Å². The number of para-hydroxylation sites is 2. The molecule has 1 heterocycles. The summed E-state index contributed by atoms with van der Waals surface area (Å²) < 4.78 is 0. The first-order valence-corrected chi connectivity index (χ1v) is 11.8. The third-order valence-corrected chi connectivity index (χ3v) is 7.57. The first kappa shape index (κ1) is 19.3. The average Bonchev–Trinajstić information content (AvgIpc) is 3.24. The van der Waals surface area contributed by atoms with E-state index in [0.29, 0.717) is 0 Å². The minimum Gasteiger partial charge on any atom is -0.309 e. The van der Waals surface area contributed by atoms with Gasteiger partial charge in [0.15, 0.2) is 5.78 Å². The topological polar surface area (TPSA) is 20.3 Å². The van der Waals surface area contributed by atoms with Crippen LogP contribution in [0.4, 0.5) is 17.1 Å². The Morgan fingerprint density at radius 3 is 1.88 bits per heavy atom. The summed E-state index contributed by atoms with van der Waals surface area (Å²) in [6, 6.07) is 35.9. The predicted molar refractivity (Wildman–Crippen MR) is 139 cm³/mol. The Hall–Kier alpha value is -4.17. The van der Waals surface area contributed by atoms with Crippen molar-refractivity contribution in [3.05, 3.63) is 125 Å². The van der Waals surface area contributed by atoms with Gasteiger partial charge in [0, 0.05) is 22.1 Å². The molecule has 0 saturated carbocycles. The highest BCUT2D eigenvalue weighted by atomic mass is 16.1. The highest BCUT2D eigenvalue weighted by Gasteiger charge is 2.40. The zero-order valence-electron chi connectivity index (χ0n) is 19.2. The lowest BCUT2D eigenvalue weighted by atomic mass is 9.73. The summed E-state index contributed by atoms with van der Waals surface area (Å²) in [5.41, 5.74) is 11.7. The van der Waals surface area contributed by atoms with Gasteiger partial charge in [-0.05, 0) is 52.1 Å². The number of carbonyl (C=O) groups excluding carboxylic acids is 1. The van der Waals surface area contributed by atoms with Crippen molar-refractivity contribution in [2.75, 3.05) is 4.90 Å². The summed E-state index contributed by atoms with van der Waals surface area (Å²) in [5, 5.41) is 0. The number of anilines is 3. The van der Waals surface area contributed by atoms with Crippen molar-refractivity contribution in [3.63, 3.8) is 0 Å². The summed E-state index contributed by atoms with van der Waals surface area (Å²) in [6.45, 7) is 4.59. The molecule has 34 heavy (non-hydrogen) atoms. The van der Waals surface area contributed by atoms with Crippen LogP contribution < -0.4 is 4.90 Å². The van der Waals surface area contributed by atoms with Crippen LogP contribution in [0.1, 0.15) is 40.9 Å². The second kappa shape index (κ2) is 6.68. The Labute approximate surface area is 199 Å². The lowest BCUT2D eigenvalue weighted by Crippen LogP contribution is -2.30. The molecule has 0 N–H and O–H groups in total. The molecule has 0 bridgehead atoms. The summed E-state index contributed by atoms with van der Waals surface area (Å²) in [5.74, 6) is 0.118. The average molecular weight is 438 g/mol. The molecule has 3 aromatic rings. The van der Waals surface area contributed by atoms with E-state index in [-0.39, 0.29) is 11.2 Å². The van der Waals surface area contributed by atoms with E-state index in [0.717, 1.165) is 39.1 Å². The molecule has 2 heteroatoms. The summed E-state index contributed by atoms with van der Waals surface area (Å²) in [4.78, 5) is 16.0. The van der Waals surface area contributed by atoms with Crippen molar-refractivity contribution >= 4 is 22.8 Å². The molecule has 3 aliphatic carbocycles. The van der Waals surface area contributed by atoms with E-state index >= 15 is 0 Å². The minimum atomic E-state index is -0.119. The maximum Gasteiger partial charge on any atom is 0.194 e. The molecule has 162 valence electrons. The quantitative estimate of drug-likeness (QED) is 0.259. The number of fused-ring (bicyclic) bond motifs is 7. The van der Waals surface area contributed by atoms with Crippen LogP contribution in [0.5, 0.6) is 0 Å². The Morgan fingerprint density at radius 1 is 0.559 bits per heavy atom. The van der Waals surface area contributed by atoms with Crippen LogP contribution in [0, 0.1) is 0 Å².